The van der Waals surface area contributed by atoms with Gasteiger partial charge in [0.1, 0.15) is 37.1 Å². The third-order valence-corrected chi connectivity index (χ3v) is 9.98. The zero-order valence-electron chi connectivity index (χ0n) is 31.5. The first-order chi connectivity index (χ1) is 28.1. The van der Waals surface area contributed by atoms with Gasteiger partial charge in [-0.25, -0.2) is 0 Å². The van der Waals surface area contributed by atoms with Crippen LogP contribution in [0.1, 0.15) is 38.2 Å². The van der Waals surface area contributed by atoms with Crippen LogP contribution >= 0.6 is 0 Å². The van der Waals surface area contributed by atoms with Gasteiger partial charge in [-0.2, -0.15) is 0 Å². The molecule has 0 atom stereocenters. The quantitative estimate of drug-likeness (QED) is 0.121. The molecule has 0 unspecified atom stereocenters. The molecule has 0 aliphatic heterocycles. The first-order valence-electron chi connectivity index (χ1n) is 19.0. The van der Waals surface area contributed by atoms with Gasteiger partial charge in [0.25, 0.3) is 0 Å². The molecule has 0 fully saturated rings. The highest BCUT2D eigenvalue weighted by atomic mass is 16.5. The maximum absolute atomic E-state index is 11.9. The summed E-state index contributed by atoms with van der Waals surface area (Å²) in [7, 11) is 0. The molecule has 0 aromatic heterocycles. The van der Waals surface area contributed by atoms with Crippen LogP contribution in [0.2, 0.25) is 0 Å². The van der Waals surface area contributed by atoms with Crippen molar-refractivity contribution in [2.24, 2.45) is 0 Å². The minimum atomic E-state index is -0.488. The van der Waals surface area contributed by atoms with E-state index in [1.807, 2.05) is 103 Å². The third kappa shape index (κ3) is 8.09. The Morgan fingerprint density at radius 1 is 0.351 bits per heavy atom. The number of carbonyl (C=O) groups excluding carboxylic acids is 1. The van der Waals surface area contributed by atoms with E-state index in [4.69, 9.17) is 29.5 Å². The maximum Gasteiger partial charge on any atom is 0.194 e. The monoisotopic (exact) mass is 756 g/mol. The molecule has 0 amide bonds. The second-order valence-corrected chi connectivity index (χ2v) is 13.3. The van der Waals surface area contributed by atoms with Gasteiger partial charge in [-0.3, -0.25) is 4.79 Å². The molecule has 7 aromatic rings. The van der Waals surface area contributed by atoms with Gasteiger partial charge in [-0.1, -0.05) is 140 Å². The Bertz CT molecular complexity index is 2240. The van der Waals surface area contributed by atoms with Crippen molar-refractivity contribution in [1.29, 1.82) is 0 Å². The summed E-state index contributed by atoms with van der Waals surface area (Å²) in [5.41, 5.74) is 10.5. The van der Waals surface area contributed by atoms with E-state index in [1.54, 1.807) is 0 Å². The van der Waals surface area contributed by atoms with Gasteiger partial charge in [0.05, 0.1) is 25.2 Å². The molecular weight excluding hydrogens is 713 g/mol. The molecule has 3 N–H and O–H groups in total. The van der Waals surface area contributed by atoms with Gasteiger partial charge in [0.2, 0.25) is 0 Å². The number of para-hydroxylation sites is 1. The summed E-state index contributed by atoms with van der Waals surface area (Å²) in [6, 6.07) is 58.4. The van der Waals surface area contributed by atoms with Crippen molar-refractivity contribution >= 4 is 5.78 Å². The second kappa shape index (κ2) is 18.4. The van der Waals surface area contributed by atoms with Crippen molar-refractivity contribution in [3.8, 4) is 39.5 Å². The fourth-order valence-corrected chi connectivity index (χ4v) is 7.61. The highest BCUT2D eigenvalue weighted by Crippen LogP contribution is 2.56. The third-order valence-electron chi connectivity index (χ3n) is 9.98. The number of ether oxygens (including phenoxy) is 3. The molecule has 0 bridgehead atoms. The minimum absolute atomic E-state index is 0.0167. The number of aliphatic hydroxyl groups is 3. The van der Waals surface area contributed by atoms with Crippen LogP contribution in [0.3, 0.4) is 0 Å². The Morgan fingerprint density at radius 3 is 1.05 bits per heavy atom. The van der Waals surface area contributed by atoms with Crippen LogP contribution < -0.4 is 14.2 Å². The van der Waals surface area contributed by atoms with E-state index >= 15 is 0 Å². The summed E-state index contributed by atoms with van der Waals surface area (Å²) in [4.78, 5) is 11.9. The number of aliphatic hydroxyl groups excluding tert-OH is 3. The maximum atomic E-state index is 11.9. The first-order valence-corrected chi connectivity index (χ1v) is 19.0. The van der Waals surface area contributed by atoms with Gasteiger partial charge in [0, 0.05) is 11.1 Å². The first kappa shape index (κ1) is 38.8. The summed E-state index contributed by atoms with van der Waals surface area (Å²) in [5.74, 6) is 2.42. The molecular formula is C50H44O7. The number of ketones is 1. The Labute approximate surface area is 333 Å². The normalized spacial score (nSPS) is 12.4. The summed E-state index contributed by atoms with van der Waals surface area (Å²) in [6.07, 6.45) is 0. The Balaban J connectivity index is 0.000000167. The fraction of sp³-hybridized carbons (Fsp3) is 0.140. The Hall–Kier alpha value is -6.51. The molecule has 0 heterocycles. The minimum Gasteiger partial charge on any atom is -0.491 e. The van der Waals surface area contributed by atoms with Gasteiger partial charge < -0.3 is 29.5 Å². The van der Waals surface area contributed by atoms with Crippen LogP contribution in [-0.4, -0.2) is 60.7 Å². The second-order valence-electron chi connectivity index (χ2n) is 13.3. The van der Waals surface area contributed by atoms with Crippen LogP contribution in [0.5, 0.6) is 17.2 Å². The van der Waals surface area contributed by atoms with Gasteiger partial charge >= 0.3 is 0 Å². The van der Waals surface area contributed by atoms with Crippen molar-refractivity contribution in [3.63, 3.8) is 0 Å². The average Bonchev–Trinajstić information content (AvgIpc) is 3.75. The van der Waals surface area contributed by atoms with E-state index in [2.05, 4.69) is 72.8 Å². The number of benzene rings is 7. The molecule has 57 heavy (non-hydrogen) atoms. The van der Waals surface area contributed by atoms with Crippen molar-refractivity contribution in [2.75, 3.05) is 39.6 Å². The molecule has 7 aromatic carbocycles. The average molecular weight is 757 g/mol. The predicted molar refractivity (Wildman–Crippen MR) is 223 cm³/mol. The largest absolute Gasteiger partial charge is 0.491 e. The van der Waals surface area contributed by atoms with Gasteiger partial charge in [-0.15, -0.1) is 0 Å². The van der Waals surface area contributed by atoms with E-state index in [0.29, 0.717) is 6.61 Å². The van der Waals surface area contributed by atoms with Gasteiger partial charge in [0.15, 0.2) is 5.78 Å². The van der Waals surface area contributed by atoms with Crippen molar-refractivity contribution in [1.82, 2.24) is 0 Å². The Kier molecular flexibility index (Phi) is 12.5. The molecule has 2 aliphatic rings. The Morgan fingerprint density at radius 2 is 0.667 bits per heavy atom. The SMILES string of the molecule is O=C1c2ccccc2-c2ccccc21.OCCOc1ccc(C2(c3ccc(OCCO)cc3)c3ccccc3-c3ccccc32)cc1.OCCOc1ccccc1. The predicted octanol–water partition coefficient (Wildman–Crippen LogP) is 8.75. The van der Waals surface area contributed by atoms with E-state index in [-0.39, 0.29) is 38.8 Å². The summed E-state index contributed by atoms with van der Waals surface area (Å²) < 4.78 is 16.3. The molecule has 7 heteroatoms. The van der Waals surface area contributed by atoms with Crippen LogP contribution in [0.25, 0.3) is 22.3 Å². The summed E-state index contributed by atoms with van der Waals surface area (Å²) in [5, 5.41) is 26.6. The van der Waals surface area contributed by atoms with Crippen LogP contribution in [0, 0.1) is 0 Å². The highest BCUT2D eigenvalue weighted by molar-refractivity contribution is 6.21. The zero-order chi connectivity index (χ0) is 39.5. The lowest BCUT2D eigenvalue weighted by atomic mass is 9.68. The molecule has 0 radical (unpaired) electrons. The fourth-order valence-electron chi connectivity index (χ4n) is 7.61. The molecule has 286 valence electrons. The van der Waals surface area contributed by atoms with Crippen LogP contribution in [0.4, 0.5) is 0 Å². The van der Waals surface area contributed by atoms with Crippen molar-refractivity contribution in [3.05, 3.63) is 209 Å². The zero-order valence-corrected chi connectivity index (χ0v) is 31.5. The van der Waals surface area contributed by atoms with Crippen LogP contribution in [0.15, 0.2) is 176 Å². The van der Waals surface area contributed by atoms with Crippen molar-refractivity contribution in [2.45, 2.75) is 5.41 Å². The number of carbonyl (C=O) groups is 1. The number of hydrogen-bond acceptors (Lipinski definition) is 7. The van der Waals surface area contributed by atoms with Gasteiger partial charge in [-0.05, 0) is 80.9 Å². The lowest BCUT2D eigenvalue weighted by Crippen LogP contribution is -2.28. The number of rotatable bonds is 11. The van der Waals surface area contributed by atoms with E-state index in [1.165, 1.54) is 22.3 Å². The summed E-state index contributed by atoms with van der Waals surface area (Å²) >= 11 is 0. The highest BCUT2D eigenvalue weighted by Gasteiger charge is 2.45. The van der Waals surface area contributed by atoms with E-state index < -0.39 is 5.41 Å². The standard InChI is InChI=1S/C29H26O4.C13H8O.C8H10O2/c30-17-19-32-23-13-9-21(10-14-23)29(22-11-15-24(16-12-22)33-20-18-31)27-7-3-1-5-25(27)26-6-2-4-8-28(26)29;14-13-11-7-3-1-5-9(11)10-6-2-4-8-12(10)13;9-6-7-10-8-4-2-1-3-5-8/h1-16,30-31H,17-20H2;1-8H;1-5,9H,6-7H2. The smallest absolute Gasteiger partial charge is 0.194 e. The lowest BCUT2D eigenvalue weighted by Gasteiger charge is -2.34. The van der Waals surface area contributed by atoms with Crippen LogP contribution in [-0.2, 0) is 5.41 Å². The number of hydrogen-bond donors (Lipinski definition) is 3. The van der Waals surface area contributed by atoms with E-state index in [0.717, 1.165) is 50.6 Å². The molecule has 0 saturated carbocycles. The lowest BCUT2D eigenvalue weighted by molar-refractivity contribution is 0.104. The molecule has 9 rings (SSSR count). The molecule has 0 saturated heterocycles. The van der Waals surface area contributed by atoms with Crippen molar-refractivity contribution < 1.29 is 34.3 Å². The number of fused-ring (bicyclic) bond motifs is 6. The molecule has 2 aliphatic carbocycles. The van der Waals surface area contributed by atoms with E-state index in [9.17, 15) is 4.79 Å². The topological polar surface area (TPSA) is 105 Å². The molecule has 7 nitrogen and oxygen atoms in total. The summed E-state index contributed by atoms with van der Waals surface area (Å²) in [6.45, 7) is 0.935. The molecule has 0 spiro atoms.